The normalized spacial score (nSPS) is 12.4. The van der Waals surface area contributed by atoms with E-state index >= 15 is 0 Å². The van der Waals surface area contributed by atoms with Crippen LogP contribution < -0.4 is 16.5 Å². The third kappa shape index (κ3) is 6.51. The Hall–Kier alpha value is -3.03. The van der Waals surface area contributed by atoms with Gasteiger partial charge in [-0.1, -0.05) is 19.1 Å². The minimum atomic E-state index is -0.826. The molecule has 0 aliphatic heterocycles. The molecule has 0 aliphatic carbocycles. The summed E-state index contributed by atoms with van der Waals surface area (Å²) in [5.41, 5.74) is 6.66. The number of hydrogen-bond donors (Lipinski definition) is 3. The van der Waals surface area contributed by atoms with Crippen LogP contribution in [0.1, 0.15) is 51.2 Å². The predicted octanol–water partition coefficient (Wildman–Crippen LogP) is 3.18. The number of rotatable bonds is 7. The van der Waals surface area contributed by atoms with Gasteiger partial charge in [-0.2, -0.15) is 0 Å². The number of aromatic amines is 1. The fourth-order valence-electron chi connectivity index (χ4n) is 3.00. The molecule has 1 aromatic carbocycles. The third-order valence-corrected chi connectivity index (χ3v) is 4.32. The van der Waals surface area contributed by atoms with E-state index in [-0.39, 0.29) is 18.0 Å². The highest BCUT2D eigenvalue weighted by Crippen LogP contribution is 2.23. The molecule has 158 valence electrons. The Morgan fingerprint density at radius 3 is 2.66 bits per heavy atom. The van der Waals surface area contributed by atoms with Crippen molar-refractivity contribution in [1.82, 2.24) is 10.3 Å². The Kier molecular flexibility index (Phi) is 7.25. The summed E-state index contributed by atoms with van der Waals surface area (Å²) in [5, 5.41) is 3.26. The second-order valence-electron chi connectivity index (χ2n) is 7.98. The highest BCUT2D eigenvalue weighted by Gasteiger charge is 2.16. The smallest absolute Gasteiger partial charge is 0.407 e. The number of carbonyl (C=O) groups is 2. The van der Waals surface area contributed by atoms with Crippen LogP contribution in [0.5, 0.6) is 0 Å². The molecule has 8 heteroatoms. The zero-order valence-electron chi connectivity index (χ0n) is 17.3. The summed E-state index contributed by atoms with van der Waals surface area (Å²) in [6.07, 6.45) is 1.53. The zero-order valence-corrected chi connectivity index (χ0v) is 17.3. The Morgan fingerprint density at radius 2 is 2.00 bits per heavy atom. The van der Waals surface area contributed by atoms with Crippen molar-refractivity contribution < 1.29 is 19.1 Å². The van der Waals surface area contributed by atoms with E-state index in [2.05, 4.69) is 10.3 Å². The number of nitrogens with two attached hydrogens (primary N) is 1. The summed E-state index contributed by atoms with van der Waals surface area (Å²) in [6, 6.07) is 5.46. The lowest BCUT2D eigenvalue weighted by molar-refractivity contribution is 0.0527. The molecule has 0 saturated heterocycles. The predicted molar refractivity (Wildman–Crippen MR) is 111 cm³/mol. The van der Waals surface area contributed by atoms with Crippen molar-refractivity contribution in [2.45, 2.75) is 52.1 Å². The van der Waals surface area contributed by atoms with Crippen molar-refractivity contribution in [3.8, 4) is 0 Å². The summed E-state index contributed by atoms with van der Waals surface area (Å²) in [7, 11) is 0. The van der Waals surface area contributed by atoms with Gasteiger partial charge in [0, 0.05) is 29.6 Å². The molecule has 0 saturated carbocycles. The van der Waals surface area contributed by atoms with E-state index < -0.39 is 17.8 Å². The van der Waals surface area contributed by atoms with Crippen molar-refractivity contribution in [3.05, 3.63) is 45.7 Å². The van der Waals surface area contributed by atoms with Gasteiger partial charge in [-0.15, -0.1) is 0 Å². The van der Waals surface area contributed by atoms with Crippen LogP contribution in [0.25, 0.3) is 10.9 Å². The molecule has 1 aromatic heterocycles. The van der Waals surface area contributed by atoms with Crippen LogP contribution in [0.3, 0.4) is 0 Å². The molecule has 2 aromatic rings. The lowest BCUT2D eigenvalue weighted by atomic mass is 9.97. The average molecular weight is 403 g/mol. The summed E-state index contributed by atoms with van der Waals surface area (Å²) in [6.45, 7) is 7.85. The van der Waals surface area contributed by atoms with E-state index in [9.17, 15) is 14.4 Å². The Balaban J connectivity index is 2.06. The van der Waals surface area contributed by atoms with Crippen LogP contribution in [-0.2, 0) is 15.9 Å². The average Bonchev–Trinajstić information content (AvgIpc) is 2.63. The number of para-hydroxylation sites is 1. The van der Waals surface area contributed by atoms with Gasteiger partial charge in [-0.05, 0) is 45.2 Å². The van der Waals surface area contributed by atoms with Crippen molar-refractivity contribution in [3.63, 3.8) is 0 Å². The fraction of sp³-hybridized carbons (Fsp3) is 0.476. The van der Waals surface area contributed by atoms with Crippen LogP contribution in [-0.4, -0.2) is 35.9 Å². The Morgan fingerprint density at radius 1 is 1.28 bits per heavy atom. The van der Waals surface area contributed by atoms with Crippen molar-refractivity contribution >= 4 is 23.1 Å². The van der Waals surface area contributed by atoms with Gasteiger partial charge in [0.2, 0.25) is 0 Å². The molecule has 0 aliphatic rings. The lowest BCUT2D eigenvalue weighted by Crippen LogP contribution is -2.33. The van der Waals surface area contributed by atoms with Crippen LogP contribution in [0.2, 0.25) is 0 Å². The molecule has 2 amide bonds. The van der Waals surface area contributed by atoms with Crippen LogP contribution in [0.4, 0.5) is 9.59 Å². The maximum absolute atomic E-state index is 12.8. The molecule has 1 atom stereocenters. The van der Waals surface area contributed by atoms with E-state index in [1.165, 1.54) is 0 Å². The number of aryl methyl sites for hydroxylation is 1. The summed E-state index contributed by atoms with van der Waals surface area (Å²) >= 11 is 0. The number of nitrogens with one attached hydrogen (secondary N) is 2. The molecule has 1 heterocycles. The molecule has 0 bridgehead atoms. The number of pyridine rings is 1. The van der Waals surface area contributed by atoms with E-state index in [1.807, 2.05) is 19.1 Å². The molecule has 0 radical (unpaired) electrons. The molecule has 2 rings (SSSR count). The zero-order chi connectivity index (χ0) is 21.6. The third-order valence-electron chi connectivity index (χ3n) is 4.32. The van der Waals surface area contributed by atoms with Gasteiger partial charge >= 0.3 is 12.2 Å². The monoisotopic (exact) mass is 403 g/mol. The van der Waals surface area contributed by atoms with Crippen molar-refractivity contribution in [2.24, 2.45) is 5.73 Å². The maximum atomic E-state index is 12.8. The lowest BCUT2D eigenvalue weighted by Gasteiger charge is -2.19. The highest BCUT2D eigenvalue weighted by atomic mass is 16.6. The fourth-order valence-corrected chi connectivity index (χ4v) is 3.00. The van der Waals surface area contributed by atoms with Gasteiger partial charge in [0.15, 0.2) is 5.43 Å². The minimum absolute atomic E-state index is 0.0547. The van der Waals surface area contributed by atoms with Gasteiger partial charge in [0.25, 0.3) is 0 Å². The van der Waals surface area contributed by atoms with Crippen LogP contribution in [0.15, 0.2) is 29.2 Å². The van der Waals surface area contributed by atoms with Crippen molar-refractivity contribution in [2.75, 3.05) is 13.2 Å². The summed E-state index contributed by atoms with van der Waals surface area (Å²) in [5.74, 6) is -0.120. The topological polar surface area (TPSA) is 124 Å². The molecule has 29 heavy (non-hydrogen) atoms. The molecular weight excluding hydrogens is 374 g/mol. The molecular formula is C21H29N3O5. The Bertz CT molecular complexity index is 930. The molecule has 0 fully saturated rings. The SMILES string of the molecule is CC(COC(N)=O)c1cccc2c(=O)c(CCCNC(=O)OC(C)(C)C)c[nH]c12. The first-order valence-corrected chi connectivity index (χ1v) is 9.60. The number of amides is 2. The van der Waals surface area contributed by atoms with Crippen LogP contribution in [0, 0.1) is 0 Å². The van der Waals surface area contributed by atoms with Gasteiger partial charge in [0.1, 0.15) is 5.60 Å². The van der Waals surface area contributed by atoms with E-state index in [4.69, 9.17) is 15.2 Å². The standard InChI is InChI=1S/C21H29N3O5/c1-13(12-28-19(22)26)15-8-5-9-16-17(15)24-11-14(18(16)25)7-6-10-23-20(27)29-21(2,3)4/h5,8-9,11,13H,6-7,10,12H2,1-4H3,(H2,22,26)(H,23,27)(H,24,25). The molecule has 8 nitrogen and oxygen atoms in total. The Labute approximate surface area is 169 Å². The summed E-state index contributed by atoms with van der Waals surface area (Å²) < 4.78 is 10.1. The first kappa shape index (κ1) is 22.3. The number of aromatic nitrogens is 1. The molecule has 4 N–H and O–H groups in total. The number of H-pyrrole nitrogens is 1. The number of ether oxygens (including phenoxy) is 2. The van der Waals surface area contributed by atoms with E-state index in [0.717, 1.165) is 5.56 Å². The largest absolute Gasteiger partial charge is 0.449 e. The quantitative estimate of drug-likeness (QED) is 0.613. The van der Waals surface area contributed by atoms with E-state index in [0.29, 0.717) is 35.9 Å². The second kappa shape index (κ2) is 9.45. The number of hydrogen-bond acceptors (Lipinski definition) is 5. The first-order valence-electron chi connectivity index (χ1n) is 9.60. The first-order chi connectivity index (χ1) is 13.6. The number of benzene rings is 1. The number of alkyl carbamates (subject to hydrolysis) is 1. The molecule has 1 unspecified atom stereocenters. The van der Waals surface area contributed by atoms with Gasteiger partial charge < -0.3 is 25.5 Å². The molecule has 0 spiro atoms. The number of fused-ring (bicyclic) bond motifs is 1. The van der Waals surface area contributed by atoms with Gasteiger partial charge in [-0.25, -0.2) is 9.59 Å². The number of primary amides is 1. The van der Waals surface area contributed by atoms with Gasteiger partial charge in [-0.3, -0.25) is 4.79 Å². The second-order valence-corrected chi connectivity index (χ2v) is 7.98. The highest BCUT2D eigenvalue weighted by molar-refractivity contribution is 5.82. The minimum Gasteiger partial charge on any atom is -0.449 e. The van der Waals surface area contributed by atoms with Gasteiger partial charge in [0.05, 0.1) is 12.1 Å². The number of carbonyl (C=O) groups excluding carboxylic acids is 2. The van der Waals surface area contributed by atoms with Crippen molar-refractivity contribution in [1.29, 1.82) is 0 Å². The van der Waals surface area contributed by atoms with E-state index in [1.54, 1.807) is 33.0 Å². The maximum Gasteiger partial charge on any atom is 0.407 e. The van der Waals surface area contributed by atoms with Crippen LogP contribution >= 0.6 is 0 Å². The summed E-state index contributed by atoms with van der Waals surface area (Å²) in [4.78, 5) is 38.6.